The summed E-state index contributed by atoms with van der Waals surface area (Å²) in [4.78, 5) is 41.2. The smallest absolute Gasteiger partial charge is 0.408 e. The number of nitrogens with one attached hydrogen (secondary N) is 2. The van der Waals surface area contributed by atoms with Crippen molar-refractivity contribution in [2.24, 2.45) is 0 Å². The van der Waals surface area contributed by atoms with E-state index in [2.05, 4.69) is 24.5 Å². The van der Waals surface area contributed by atoms with E-state index in [1.54, 1.807) is 32.6 Å². The maximum atomic E-state index is 13.7. The Balaban J connectivity index is 3.40. The summed E-state index contributed by atoms with van der Waals surface area (Å²) < 4.78 is 5.32. The molecule has 0 saturated heterocycles. The van der Waals surface area contributed by atoms with Crippen molar-refractivity contribution in [2.75, 3.05) is 0 Å². The van der Waals surface area contributed by atoms with Crippen molar-refractivity contribution in [3.05, 3.63) is 35.4 Å². The number of amides is 3. The van der Waals surface area contributed by atoms with Crippen molar-refractivity contribution < 1.29 is 19.1 Å². The lowest BCUT2D eigenvalue weighted by molar-refractivity contribution is -0.148. The highest BCUT2D eigenvalue weighted by Crippen LogP contribution is 2.30. The second kappa shape index (κ2) is 12.2. The summed E-state index contributed by atoms with van der Waals surface area (Å²) in [5, 5.41) is 5.71. The normalized spacial score (nSPS) is 14.5. The predicted molar refractivity (Wildman–Crippen MR) is 137 cm³/mol. The van der Waals surface area contributed by atoms with Crippen LogP contribution in [0.15, 0.2) is 24.3 Å². The summed E-state index contributed by atoms with van der Waals surface area (Å²) in [5.41, 5.74) is 0.498. The van der Waals surface area contributed by atoms with E-state index in [9.17, 15) is 14.4 Å². The van der Waals surface area contributed by atoms with Crippen molar-refractivity contribution in [1.29, 1.82) is 0 Å². The van der Waals surface area contributed by atoms with Gasteiger partial charge in [0, 0.05) is 11.6 Å². The Hall–Kier alpha value is -2.57. The van der Waals surface area contributed by atoms with E-state index in [1.165, 1.54) is 0 Å². The van der Waals surface area contributed by atoms with Crippen LogP contribution in [0.3, 0.4) is 0 Å². The van der Waals surface area contributed by atoms with E-state index in [1.807, 2.05) is 52.0 Å². The van der Waals surface area contributed by atoms with Crippen molar-refractivity contribution in [3.63, 3.8) is 0 Å². The summed E-state index contributed by atoms with van der Waals surface area (Å²) >= 11 is 0. The number of alkyl carbamates (subject to hydrolysis) is 1. The zero-order valence-corrected chi connectivity index (χ0v) is 22.7. The lowest BCUT2D eigenvalue weighted by Gasteiger charge is -2.43. The van der Waals surface area contributed by atoms with Gasteiger partial charge >= 0.3 is 6.09 Å². The monoisotopic (exact) mass is 475 g/mol. The Morgan fingerprint density at radius 1 is 0.941 bits per heavy atom. The van der Waals surface area contributed by atoms with Gasteiger partial charge in [-0.25, -0.2) is 4.79 Å². The second-order valence-corrected chi connectivity index (χ2v) is 10.9. The van der Waals surface area contributed by atoms with Crippen LogP contribution in [0.1, 0.15) is 99.2 Å². The van der Waals surface area contributed by atoms with Gasteiger partial charge in [0.05, 0.1) is 0 Å². The first-order valence-electron chi connectivity index (χ1n) is 12.3. The first kappa shape index (κ1) is 29.5. The van der Waals surface area contributed by atoms with E-state index in [4.69, 9.17) is 4.74 Å². The minimum absolute atomic E-state index is 0.0239. The molecule has 34 heavy (non-hydrogen) atoms. The molecule has 0 aliphatic heterocycles. The molecular formula is C27H45N3O4. The second-order valence-electron chi connectivity index (χ2n) is 10.9. The van der Waals surface area contributed by atoms with E-state index in [0.717, 1.165) is 30.4 Å². The highest BCUT2D eigenvalue weighted by molar-refractivity contribution is 5.92. The molecule has 0 fully saturated rings. The van der Waals surface area contributed by atoms with Gasteiger partial charge in [0.15, 0.2) is 0 Å². The molecule has 3 atom stereocenters. The number of hydrogen-bond donors (Lipinski definition) is 2. The van der Waals surface area contributed by atoms with Crippen LogP contribution in [-0.2, 0) is 20.7 Å². The highest BCUT2D eigenvalue weighted by Gasteiger charge is 2.41. The molecule has 0 spiro atoms. The zero-order valence-electron chi connectivity index (χ0n) is 22.7. The summed E-state index contributed by atoms with van der Waals surface area (Å²) in [6.45, 7) is 18.7. The van der Waals surface area contributed by atoms with Crippen LogP contribution < -0.4 is 10.6 Å². The molecule has 0 aliphatic carbocycles. The third kappa shape index (κ3) is 8.99. The lowest BCUT2D eigenvalue weighted by atomic mass is 9.94. The molecule has 0 bridgehead atoms. The van der Waals surface area contributed by atoms with Crippen LogP contribution in [0.5, 0.6) is 0 Å². The Kier molecular flexibility index (Phi) is 10.6. The van der Waals surface area contributed by atoms with Gasteiger partial charge in [0.1, 0.15) is 17.7 Å². The minimum Gasteiger partial charge on any atom is -0.444 e. The number of benzene rings is 1. The van der Waals surface area contributed by atoms with Crippen molar-refractivity contribution in [2.45, 2.75) is 118 Å². The Labute approximate surface area is 206 Å². The van der Waals surface area contributed by atoms with Gasteiger partial charge in [-0.3, -0.25) is 9.59 Å². The fourth-order valence-corrected chi connectivity index (χ4v) is 3.78. The molecule has 0 aromatic heterocycles. The maximum absolute atomic E-state index is 13.7. The van der Waals surface area contributed by atoms with E-state index in [0.29, 0.717) is 0 Å². The number of nitrogens with zero attached hydrogens (tertiary/aromatic N) is 1. The third-order valence-electron chi connectivity index (χ3n) is 5.38. The lowest BCUT2D eigenvalue weighted by Crippen LogP contribution is -2.58. The van der Waals surface area contributed by atoms with E-state index >= 15 is 0 Å². The fourth-order valence-electron chi connectivity index (χ4n) is 3.78. The number of ether oxygens (including phenoxy) is 1. The average molecular weight is 476 g/mol. The van der Waals surface area contributed by atoms with Gasteiger partial charge < -0.3 is 20.3 Å². The molecule has 2 N–H and O–H groups in total. The first-order chi connectivity index (χ1) is 15.6. The summed E-state index contributed by atoms with van der Waals surface area (Å²) in [7, 11) is 0. The van der Waals surface area contributed by atoms with E-state index < -0.39 is 29.3 Å². The van der Waals surface area contributed by atoms with Gasteiger partial charge in [-0.15, -0.1) is 0 Å². The molecule has 1 rings (SSSR count). The molecule has 1 aromatic carbocycles. The van der Waals surface area contributed by atoms with Gasteiger partial charge in [-0.1, -0.05) is 44.5 Å². The Morgan fingerprint density at radius 2 is 1.50 bits per heavy atom. The molecule has 0 heterocycles. The quantitative estimate of drug-likeness (QED) is 0.518. The number of hydrogen-bond acceptors (Lipinski definition) is 4. The zero-order chi connectivity index (χ0) is 26.3. The molecule has 0 aliphatic rings. The fraction of sp³-hybridized carbons (Fsp3) is 0.667. The Morgan fingerprint density at radius 3 is 1.94 bits per heavy atom. The van der Waals surface area contributed by atoms with Gasteiger partial charge in [-0.05, 0) is 79.4 Å². The molecular weight excluding hydrogens is 430 g/mol. The minimum atomic E-state index is -0.882. The molecule has 192 valence electrons. The number of carbonyl (C=O) groups excluding carboxylic acids is 3. The average Bonchev–Trinajstić information content (AvgIpc) is 2.69. The van der Waals surface area contributed by atoms with Crippen molar-refractivity contribution in [3.8, 4) is 0 Å². The molecule has 7 nitrogen and oxygen atoms in total. The third-order valence-corrected chi connectivity index (χ3v) is 5.38. The van der Waals surface area contributed by atoms with Gasteiger partial charge in [0.2, 0.25) is 11.8 Å². The summed E-state index contributed by atoms with van der Waals surface area (Å²) in [6, 6.07) is 6.03. The molecule has 0 saturated carbocycles. The van der Waals surface area contributed by atoms with Crippen LogP contribution in [0.4, 0.5) is 4.79 Å². The molecule has 0 radical (unpaired) electrons. The van der Waals surface area contributed by atoms with Crippen LogP contribution in [0.25, 0.3) is 0 Å². The molecule has 7 heteroatoms. The number of aryl methyl sites for hydroxylation is 1. The predicted octanol–water partition coefficient (Wildman–Crippen LogP) is 5.14. The SMILES string of the molecule is CCCC(C)NC(=O)C(c1ccc(CC)cc1)N(C(=O)C(C)NC(=O)OC(C)(C)C)C(C)(C)C. The largest absolute Gasteiger partial charge is 0.444 e. The maximum Gasteiger partial charge on any atom is 0.408 e. The van der Waals surface area contributed by atoms with Gasteiger partial charge in [-0.2, -0.15) is 0 Å². The number of rotatable bonds is 9. The van der Waals surface area contributed by atoms with Crippen LogP contribution >= 0.6 is 0 Å². The van der Waals surface area contributed by atoms with Crippen LogP contribution in [-0.4, -0.2) is 46.0 Å². The molecule has 1 aromatic rings. The van der Waals surface area contributed by atoms with Crippen LogP contribution in [0, 0.1) is 0 Å². The number of carbonyl (C=O) groups is 3. The summed E-state index contributed by atoms with van der Waals surface area (Å²) in [5.74, 6) is -0.598. The van der Waals surface area contributed by atoms with Crippen molar-refractivity contribution >= 4 is 17.9 Å². The van der Waals surface area contributed by atoms with Crippen molar-refractivity contribution in [1.82, 2.24) is 15.5 Å². The highest BCUT2D eigenvalue weighted by atomic mass is 16.6. The van der Waals surface area contributed by atoms with Gasteiger partial charge in [0.25, 0.3) is 0 Å². The molecule has 3 amide bonds. The molecule has 3 unspecified atom stereocenters. The Bertz CT molecular complexity index is 822. The van der Waals surface area contributed by atoms with E-state index in [-0.39, 0.29) is 17.9 Å². The first-order valence-corrected chi connectivity index (χ1v) is 12.3. The topological polar surface area (TPSA) is 87.7 Å². The summed E-state index contributed by atoms with van der Waals surface area (Å²) in [6.07, 6.45) is 1.99. The van der Waals surface area contributed by atoms with Crippen LogP contribution in [0.2, 0.25) is 0 Å². The standard InChI is InChI=1S/C27H45N3O4/c1-11-13-18(3)28-23(31)22(21-16-14-20(12-2)15-17-21)30(26(5,6)7)24(32)19(4)29-25(33)34-27(8,9)10/h14-19,22H,11-13H2,1-10H3,(H,28,31)(H,29,33).